The van der Waals surface area contributed by atoms with Crippen LogP contribution in [0.5, 0.6) is 5.75 Å². The minimum Gasteiger partial charge on any atom is -0.489 e. The summed E-state index contributed by atoms with van der Waals surface area (Å²) in [5, 5.41) is 11.9. The van der Waals surface area contributed by atoms with Gasteiger partial charge in [0.1, 0.15) is 18.2 Å². The topological polar surface area (TPSA) is 41.8 Å². The van der Waals surface area contributed by atoms with Gasteiger partial charge in [-0.1, -0.05) is 35.0 Å². The predicted molar refractivity (Wildman–Crippen MR) is 80.8 cm³/mol. The molecular weight excluding hydrogens is 293 g/mol. The Morgan fingerprint density at radius 2 is 1.86 bits per heavy atom. The van der Waals surface area contributed by atoms with Gasteiger partial charge in [-0.3, -0.25) is 0 Å². The molecular formula is C16H15ClFNO2. The van der Waals surface area contributed by atoms with E-state index in [-0.39, 0.29) is 5.02 Å². The Morgan fingerprint density at radius 3 is 2.48 bits per heavy atom. The lowest BCUT2D eigenvalue weighted by molar-refractivity contribution is 0.306. The molecule has 0 radical (unpaired) electrons. The van der Waals surface area contributed by atoms with Gasteiger partial charge in [0.05, 0.1) is 10.7 Å². The maximum atomic E-state index is 13.0. The molecule has 0 amide bonds. The number of halogens is 2. The quantitative estimate of drug-likeness (QED) is 0.504. The van der Waals surface area contributed by atoms with Gasteiger partial charge in [0, 0.05) is 6.42 Å². The normalized spacial score (nSPS) is 11.5. The number of ether oxygens (including phenoxy) is 1. The van der Waals surface area contributed by atoms with Crippen LogP contribution in [0.3, 0.4) is 0 Å². The highest BCUT2D eigenvalue weighted by molar-refractivity contribution is 6.30. The highest BCUT2D eigenvalue weighted by Gasteiger charge is 2.02. The van der Waals surface area contributed by atoms with Crippen molar-refractivity contribution in [1.82, 2.24) is 0 Å². The molecule has 0 fully saturated rings. The number of rotatable bonds is 5. The lowest BCUT2D eigenvalue weighted by Crippen LogP contribution is -1.98. The van der Waals surface area contributed by atoms with Crippen LogP contribution < -0.4 is 4.74 Å². The highest BCUT2D eigenvalue weighted by Crippen LogP contribution is 2.19. The Morgan fingerprint density at radius 1 is 1.19 bits per heavy atom. The second-order valence-corrected chi connectivity index (χ2v) is 5.10. The summed E-state index contributed by atoms with van der Waals surface area (Å²) in [6.45, 7) is 2.07. The van der Waals surface area contributed by atoms with Crippen molar-refractivity contribution in [3.8, 4) is 5.75 Å². The predicted octanol–water partition coefficient (Wildman–Crippen LogP) is 4.45. The second kappa shape index (κ2) is 7.09. The fourth-order valence-corrected chi connectivity index (χ4v) is 2.03. The Balaban J connectivity index is 1.95. The summed E-state index contributed by atoms with van der Waals surface area (Å²) in [5.41, 5.74) is 2.47. The Bertz CT molecular complexity index is 641. The minimum atomic E-state index is -0.439. The lowest BCUT2D eigenvalue weighted by atomic mass is 10.1. The van der Waals surface area contributed by atoms with E-state index in [1.165, 1.54) is 6.07 Å². The van der Waals surface area contributed by atoms with Gasteiger partial charge >= 0.3 is 0 Å². The highest BCUT2D eigenvalue weighted by atomic mass is 35.5. The maximum absolute atomic E-state index is 13.0. The third-order valence-corrected chi connectivity index (χ3v) is 3.23. The molecule has 110 valence electrons. The molecule has 2 aromatic rings. The Hall–Kier alpha value is -2.07. The van der Waals surface area contributed by atoms with Crippen LogP contribution in [0.1, 0.15) is 18.1 Å². The SMILES string of the molecule is C/C(Cc1ccc(OCc2ccc(F)c(Cl)c2)cc1)=N/O. The van der Waals surface area contributed by atoms with Crippen LogP contribution in [0.15, 0.2) is 47.6 Å². The molecule has 21 heavy (non-hydrogen) atoms. The van der Waals surface area contributed by atoms with E-state index >= 15 is 0 Å². The van der Waals surface area contributed by atoms with Crippen LogP contribution in [0.25, 0.3) is 0 Å². The van der Waals surface area contributed by atoms with Gasteiger partial charge in [0.2, 0.25) is 0 Å². The van der Waals surface area contributed by atoms with E-state index < -0.39 is 5.82 Å². The van der Waals surface area contributed by atoms with Crippen LogP contribution >= 0.6 is 11.6 Å². The molecule has 0 aliphatic heterocycles. The van der Waals surface area contributed by atoms with Crippen LogP contribution in [0.4, 0.5) is 4.39 Å². The molecule has 2 aromatic carbocycles. The number of hydrogen-bond donors (Lipinski definition) is 1. The van der Waals surface area contributed by atoms with Crippen molar-refractivity contribution in [3.05, 3.63) is 64.4 Å². The summed E-state index contributed by atoms with van der Waals surface area (Å²) >= 11 is 5.72. The molecule has 0 saturated heterocycles. The number of hydrogen-bond acceptors (Lipinski definition) is 3. The molecule has 0 aromatic heterocycles. The van der Waals surface area contributed by atoms with E-state index in [9.17, 15) is 4.39 Å². The fraction of sp³-hybridized carbons (Fsp3) is 0.188. The summed E-state index contributed by atoms with van der Waals surface area (Å²) in [6.07, 6.45) is 0.588. The first-order chi connectivity index (χ1) is 10.1. The van der Waals surface area contributed by atoms with Gasteiger partial charge in [-0.25, -0.2) is 4.39 Å². The molecule has 0 spiro atoms. The number of nitrogens with zero attached hydrogens (tertiary/aromatic N) is 1. The zero-order valence-corrected chi connectivity index (χ0v) is 12.3. The molecule has 0 bridgehead atoms. The first-order valence-electron chi connectivity index (χ1n) is 6.41. The largest absolute Gasteiger partial charge is 0.489 e. The van der Waals surface area contributed by atoms with E-state index in [2.05, 4.69) is 5.16 Å². The summed E-state index contributed by atoms with van der Waals surface area (Å²) < 4.78 is 18.7. The third kappa shape index (κ3) is 4.46. The zero-order chi connectivity index (χ0) is 15.2. The molecule has 0 saturated carbocycles. The number of oxime groups is 1. The van der Waals surface area contributed by atoms with Crippen LogP contribution in [-0.4, -0.2) is 10.9 Å². The second-order valence-electron chi connectivity index (χ2n) is 4.69. The monoisotopic (exact) mass is 307 g/mol. The Labute approximate surface area is 127 Å². The molecule has 3 nitrogen and oxygen atoms in total. The molecule has 0 aliphatic carbocycles. The third-order valence-electron chi connectivity index (χ3n) is 2.94. The zero-order valence-electron chi connectivity index (χ0n) is 11.5. The van der Waals surface area contributed by atoms with Crippen molar-refractivity contribution in [2.75, 3.05) is 0 Å². The summed E-state index contributed by atoms with van der Waals surface area (Å²) in [6, 6.07) is 12.0. The van der Waals surface area contributed by atoms with Gasteiger partial charge < -0.3 is 9.94 Å². The van der Waals surface area contributed by atoms with Gasteiger partial charge in [-0.15, -0.1) is 0 Å². The van der Waals surface area contributed by atoms with E-state index in [1.807, 2.05) is 24.3 Å². The molecule has 2 rings (SSSR count). The van der Waals surface area contributed by atoms with Gasteiger partial charge in [0.25, 0.3) is 0 Å². The summed E-state index contributed by atoms with van der Waals surface area (Å²) in [5.74, 6) is 0.267. The summed E-state index contributed by atoms with van der Waals surface area (Å²) in [7, 11) is 0. The van der Waals surface area contributed by atoms with E-state index in [0.29, 0.717) is 24.5 Å². The average molecular weight is 308 g/mol. The molecule has 1 N–H and O–H groups in total. The number of benzene rings is 2. The van der Waals surface area contributed by atoms with Gasteiger partial charge in [0.15, 0.2) is 0 Å². The molecule has 0 aliphatic rings. The van der Waals surface area contributed by atoms with E-state index in [4.69, 9.17) is 21.5 Å². The average Bonchev–Trinajstić information content (AvgIpc) is 2.50. The van der Waals surface area contributed by atoms with Crippen molar-refractivity contribution >= 4 is 17.3 Å². The standard InChI is InChI=1S/C16H15ClFNO2/c1-11(19-20)8-12-2-5-14(6-3-12)21-10-13-4-7-16(18)15(17)9-13/h2-7,9,20H,8,10H2,1H3/b19-11-. The lowest BCUT2D eigenvalue weighted by Gasteiger charge is -2.08. The van der Waals surface area contributed by atoms with Crippen LogP contribution in [0, 0.1) is 5.82 Å². The van der Waals surface area contributed by atoms with Crippen molar-refractivity contribution in [3.63, 3.8) is 0 Å². The van der Waals surface area contributed by atoms with Crippen molar-refractivity contribution in [2.24, 2.45) is 5.16 Å². The van der Waals surface area contributed by atoms with E-state index in [1.54, 1.807) is 19.1 Å². The molecule has 0 atom stereocenters. The van der Waals surface area contributed by atoms with Crippen molar-refractivity contribution in [1.29, 1.82) is 0 Å². The molecule has 0 unspecified atom stereocenters. The van der Waals surface area contributed by atoms with Crippen LogP contribution in [-0.2, 0) is 13.0 Å². The first-order valence-corrected chi connectivity index (χ1v) is 6.79. The first kappa shape index (κ1) is 15.3. The van der Waals surface area contributed by atoms with Crippen molar-refractivity contribution < 1.29 is 14.3 Å². The molecule has 5 heteroatoms. The summed E-state index contributed by atoms with van der Waals surface area (Å²) in [4.78, 5) is 0. The minimum absolute atomic E-state index is 0.0882. The Kier molecular flexibility index (Phi) is 5.17. The van der Waals surface area contributed by atoms with E-state index in [0.717, 1.165) is 11.1 Å². The van der Waals surface area contributed by atoms with Gasteiger partial charge in [-0.2, -0.15) is 0 Å². The van der Waals surface area contributed by atoms with Gasteiger partial charge in [-0.05, 0) is 42.3 Å². The maximum Gasteiger partial charge on any atom is 0.141 e. The smallest absolute Gasteiger partial charge is 0.141 e. The van der Waals surface area contributed by atoms with Crippen LogP contribution in [0.2, 0.25) is 5.02 Å². The fourth-order valence-electron chi connectivity index (χ4n) is 1.83. The van der Waals surface area contributed by atoms with Crippen molar-refractivity contribution in [2.45, 2.75) is 20.0 Å². The molecule has 0 heterocycles.